The standard InChI is InChI=1S/C16H18N2OS/c1-11-4-9-15(17-2)14(10-11)16(19)18-12-5-7-13(20-3)8-6-12/h4-10,17H,1-3H3,(H,18,19). The molecule has 104 valence electrons. The van der Waals surface area contributed by atoms with Crippen LogP contribution in [0.1, 0.15) is 15.9 Å². The first-order valence-electron chi connectivity index (χ1n) is 6.38. The fraction of sp³-hybridized carbons (Fsp3) is 0.188. The Labute approximate surface area is 123 Å². The van der Waals surface area contributed by atoms with Crippen molar-refractivity contribution >= 4 is 29.0 Å². The average Bonchev–Trinajstić information content (AvgIpc) is 2.48. The van der Waals surface area contributed by atoms with E-state index in [-0.39, 0.29) is 5.91 Å². The van der Waals surface area contributed by atoms with Crippen LogP contribution in [-0.4, -0.2) is 19.2 Å². The van der Waals surface area contributed by atoms with Gasteiger partial charge in [0.1, 0.15) is 0 Å². The van der Waals surface area contributed by atoms with E-state index in [0.717, 1.165) is 16.9 Å². The Balaban J connectivity index is 2.20. The molecule has 0 aromatic heterocycles. The third-order valence-corrected chi connectivity index (χ3v) is 3.78. The Morgan fingerprint density at radius 2 is 1.80 bits per heavy atom. The van der Waals surface area contributed by atoms with E-state index in [1.54, 1.807) is 11.8 Å². The molecule has 3 nitrogen and oxygen atoms in total. The highest BCUT2D eigenvalue weighted by Crippen LogP contribution is 2.21. The second kappa shape index (κ2) is 6.48. The van der Waals surface area contributed by atoms with E-state index in [1.165, 1.54) is 4.90 Å². The number of carbonyl (C=O) groups excluding carboxylic acids is 1. The van der Waals surface area contributed by atoms with Gasteiger partial charge < -0.3 is 10.6 Å². The van der Waals surface area contributed by atoms with Crippen LogP contribution in [0.25, 0.3) is 0 Å². The van der Waals surface area contributed by atoms with Crippen LogP contribution in [0.5, 0.6) is 0 Å². The molecule has 0 saturated heterocycles. The summed E-state index contributed by atoms with van der Waals surface area (Å²) in [6, 6.07) is 13.6. The molecule has 20 heavy (non-hydrogen) atoms. The molecule has 2 aromatic rings. The minimum atomic E-state index is -0.102. The smallest absolute Gasteiger partial charge is 0.257 e. The molecule has 0 atom stereocenters. The summed E-state index contributed by atoms with van der Waals surface area (Å²) >= 11 is 1.68. The number of benzene rings is 2. The zero-order valence-corrected chi connectivity index (χ0v) is 12.7. The maximum atomic E-state index is 12.3. The van der Waals surface area contributed by atoms with Crippen molar-refractivity contribution in [3.05, 3.63) is 53.6 Å². The number of carbonyl (C=O) groups is 1. The summed E-state index contributed by atoms with van der Waals surface area (Å²) in [6.45, 7) is 1.98. The number of amides is 1. The molecule has 2 rings (SSSR count). The van der Waals surface area contributed by atoms with Gasteiger partial charge in [-0.3, -0.25) is 4.79 Å². The first-order chi connectivity index (χ1) is 9.63. The summed E-state index contributed by atoms with van der Waals surface area (Å²) in [5.41, 5.74) is 3.35. The highest BCUT2D eigenvalue weighted by Gasteiger charge is 2.11. The predicted molar refractivity (Wildman–Crippen MR) is 86.9 cm³/mol. The molecule has 0 bridgehead atoms. The van der Waals surface area contributed by atoms with Gasteiger partial charge in [-0.05, 0) is 49.6 Å². The Kier molecular flexibility index (Phi) is 4.69. The van der Waals surface area contributed by atoms with E-state index in [4.69, 9.17) is 0 Å². The van der Waals surface area contributed by atoms with Gasteiger partial charge in [0.2, 0.25) is 0 Å². The molecule has 0 radical (unpaired) electrons. The van der Waals surface area contributed by atoms with E-state index in [9.17, 15) is 4.79 Å². The molecular formula is C16H18N2OS. The van der Waals surface area contributed by atoms with Crippen LogP contribution in [0.15, 0.2) is 47.4 Å². The number of hydrogen-bond acceptors (Lipinski definition) is 3. The van der Waals surface area contributed by atoms with Crippen molar-refractivity contribution in [2.75, 3.05) is 23.9 Å². The molecule has 0 spiro atoms. The Morgan fingerprint density at radius 3 is 2.40 bits per heavy atom. The second-order valence-electron chi connectivity index (χ2n) is 4.48. The van der Waals surface area contributed by atoms with Crippen LogP contribution >= 0.6 is 11.8 Å². The third kappa shape index (κ3) is 3.33. The molecule has 0 aliphatic rings. The predicted octanol–water partition coefficient (Wildman–Crippen LogP) is 4.01. The van der Waals surface area contributed by atoms with Gasteiger partial charge in [-0.15, -0.1) is 11.8 Å². The molecule has 0 saturated carbocycles. The van der Waals surface area contributed by atoms with E-state index >= 15 is 0 Å². The SMILES string of the molecule is CNc1ccc(C)cc1C(=O)Nc1ccc(SC)cc1. The van der Waals surface area contributed by atoms with Crippen LogP contribution in [0.2, 0.25) is 0 Å². The van der Waals surface area contributed by atoms with Crippen LogP contribution in [0, 0.1) is 6.92 Å². The molecule has 0 heterocycles. The van der Waals surface area contributed by atoms with Crippen molar-refractivity contribution in [2.45, 2.75) is 11.8 Å². The van der Waals surface area contributed by atoms with Crippen molar-refractivity contribution in [1.82, 2.24) is 0 Å². The highest BCUT2D eigenvalue weighted by atomic mass is 32.2. The van der Waals surface area contributed by atoms with E-state index in [1.807, 2.05) is 62.7 Å². The van der Waals surface area contributed by atoms with Crippen molar-refractivity contribution < 1.29 is 4.79 Å². The molecular weight excluding hydrogens is 268 g/mol. The summed E-state index contributed by atoms with van der Waals surface area (Å²) in [5, 5.41) is 5.97. The zero-order valence-electron chi connectivity index (χ0n) is 11.9. The maximum absolute atomic E-state index is 12.3. The summed E-state index contributed by atoms with van der Waals surface area (Å²) in [7, 11) is 1.81. The molecule has 2 N–H and O–H groups in total. The van der Waals surface area contributed by atoms with Crippen LogP contribution in [0.4, 0.5) is 11.4 Å². The van der Waals surface area contributed by atoms with Crippen molar-refractivity contribution in [3.63, 3.8) is 0 Å². The van der Waals surface area contributed by atoms with Gasteiger partial charge in [0.05, 0.1) is 5.56 Å². The number of rotatable bonds is 4. The normalized spacial score (nSPS) is 10.2. The van der Waals surface area contributed by atoms with Gasteiger partial charge in [-0.25, -0.2) is 0 Å². The summed E-state index contributed by atoms with van der Waals surface area (Å²) < 4.78 is 0. The highest BCUT2D eigenvalue weighted by molar-refractivity contribution is 7.98. The van der Waals surface area contributed by atoms with Crippen LogP contribution < -0.4 is 10.6 Å². The number of nitrogens with one attached hydrogen (secondary N) is 2. The Hall–Kier alpha value is -1.94. The summed E-state index contributed by atoms with van der Waals surface area (Å²) in [6.07, 6.45) is 2.03. The maximum Gasteiger partial charge on any atom is 0.257 e. The fourth-order valence-electron chi connectivity index (χ4n) is 1.94. The number of anilines is 2. The van der Waals surface area contributed by atoms with Crippen LogP contribution in [0.3, 0.4) is 0 Å². The molecule has 1 amide bonds. The average molecular weight is 286 g/mol. The molecule has 0 fully saturated rings. The summed E-state index contributed by atoms with van der Waals surface area (Å²) in [5.74, 6) is -0.102. The lowest BCUT2D eigenvalue weighted by atomic mass is 10.1. The third-order valence-electron chi connectivity index (χ3n) is 3.04. The molecule has 0 aliphatic carbocycles. The first-order valence-corrected chi connectivity index (χ1v) is 7.60. The number of aryl methyl sites for hydroxylation is 1. The molecule has 2 aromatic carbocycles. The van der Waals surface area contributed by atoms with Crippen molar-refractivity contribution in [2.24, 2.45) is 0 Å². The molecule has 0 unspecified atom stereocenters. The second-order valence-corrected chi connectivity index (χ2v) is 5.36. The van der Waals surface area contributed by atoms with Crippen molar-refractivity contribution in [1.29, 1.82) is 0 Å². The number of hydrogen-bond donors (Lipinski definition) is 2. The van der Waals surface area contributed by atoms with Gasteiger partial charge >= 0.3 is 0 Å². The Bertz CT molecular complexity index is 608. The number of thioether (sulfide) groups is 1. The first kappa shape index (κ1) is 14.5. The van der Waals surface area contributed by atoms with Crippen molar-refractivity contribution in [3.8, 4) is 0 Å². The largest absolute Gasteiger partial charge is 0.387 e. The minimum Gasteiger partial charge on any atom is -0.387 e. The lowest BCUT2D eigenvalue weighted by molar-refractivity contribution is 0.102. The van der Waals surface area contributed by atoms with E-state index < -0.39 is 0 Å². The quantitative estimate of drug-likeness (QED) is 0.834. The lowest BCUT2D eigenvalue weighted by Gasteiger charge is -2.11. The fourth-order valence-corrected chi connectivity index (χ4v) is 2.34. The molecule has 4 heteroatoms. The lowest BCUT2D eigenvalue weighted by Crippen LogP contribution is -2.14. The van der Waals surface area contributed by atoms with Gasteiger partial charge in [0.15, 0.2) is 0 Å². The summed E-state index contributed by atoms with van der Waals surface area (Å²) in [4.78, 5) is 13.5. The molecule has 0 aliphatic heterocycles. The monoisotopic (exact) mass is 286 g/mol. The zero-order chi connectivity index (χ0) is 14.5. The van der Waals surface area contributed by atoms with E-state index in [0.29, 0.717) is 5.56 Å². The van der Waals surface area contributed by atoms with Crippen LogP contribution in [-0.2, 0) is 0 Å². The topological polar surface area (TPSA) is 41.1 Å². The van der Waals surface area contributed by atoms with Gasteiger partial charge in [-0.2, -0.15) is 0 Å². The van der Waals surface area contributed by atoms with Gasteiger partial charge in [-0.1, -0.05) is 11.6 Å². The minimum absolute atomic E-state index is 0.102. The van der Waals surface area contributed by atoms with E-state index in [2.05, 4.69) is 10.6 Å². The van der Waals surface area contributed by atoms with Gasteiger partial charge in [0, 0.05) is 23.3 Å². The van der Waals surface area contributed by atoms with Gasteiger partial charge in [0.25, 0.3) is 5.91 Å². The Morgan fingerprint density at radius 1 is 1.10 bits per heavy atom.